The zero-order valence-electron chi connectivity index (χ0n) is 21.9. The van der Waals surface area contributed by atoms with Gasteiger partial charge >= 0.3 is 0 Å². The molecule has 1 aliphatic heterocycles. The molecule has 38 heavy (non-hydrogen) atoms. The average Bonchev–Trinajstić information content (AvgIpc) is 3.44. The van der Waals surface area contributed by atoms with Crippen LogP contribution in [0.1, 0.15) is 18.2 Å². The highest BCUT2D eigenvalue weighted by Crippen LogP contribution is 2.24. The fourth-order valence-corrected chi connectivity index (χ4v) is 4.93. The van der Waals surface area contributed by atoms with E-state index in [0.29, 0.717) is 6.61 Å². The first-order valence-corrected chi connectivity index (χ1v) is 13.7. The molecule has 2 heterocycles. The molecule has 3 aromatic carbocycles. The number of rotatable bonds is 11. The first-order valence-electron chi connectivity index (χ1n) is 13.3. The van der Waals surface area contributed by atoms with Gasteiger partial charge in [0.2, 0.25) is 0 Å². The third-order valence-electron chi connectivity index (χ3n) is 7.06. The largest absolute Gasteiger partial charge is 0.489 e. The van der Waals surface area contributed by atoms with Crippen molar-refractivity contribution in [1.82, 2.24) is 15.0 Å². The van der Waals surface area contributed by atoms with Gasteiger partial charge < -0.3 is 14.2 Å². The van der Waals surface area contributed by atoms with Gasteiger partial charge in [0.15, 0.2) is 5.76 Å². The summed E-state index contributed by atoms with van der Waals surface area (Å²) in [4.78, 5) is 7.36. The smallest absolute Gasteiger partial charge is 0.151 e. The summed E-state index contributed by atoms with van der Waals surface area (Å²) in [5.74, 6) is 1.73. The Morgan fingerprint density at radius 1 is 0.921 bits per heavy atom. The quantitative estimate of drug-likeness (QED) is 0.229. The van der Waals surface area contributed by atoms with Crippen molar-refractivity contribution in [3.05, 3.63) is 101 Å². The molecule has 198 valence electrons. The molecule has 1 aliphatic rings. The highest BCUT2D eigenvalue weighted by molar-refractivity contribution is 6.30. The molecule has 0 aliphatic carbocycles. The van der Waals surface area contributed by atoms with E-state index in [1.807, 2.05) is 60.7 Å². The van der Waals surface area contributed by atoms with Gasteiger partial charge in [0.25, 0.3) is 0 Å². The minimum absolute atomic E-state index is 0.554. The van der Waals surface area contributed by atoms with E-state index in [4.69, 9.17) is 20.9 Å². The summed E-state index contributed by atoms with van der Waals surface area (Å²) in [6.45, 7) is 10.7. The second-order valence-corrected chi connectivity index (χ2v) is 10.1. The van der Waals surface area contributed by atoms with E-state index >= 15 is 0 Å². The van der Waals surface area contributed by atoms with E-state index in [9.17, 15) is 0 Å². The predicted molar refractivity (Wildman–Crippen MR) is 154 cm³/mol. The van der Waals surface area contributed by atoms with E-state index in [-0.39, 0.29) is 0 Å². The zero-order valence-corrected chi connectivity index (χ0v) is 22.7. The molecule has 5 rings (SSSR count). The van der Waals surface area contributed by atoms with Crippen molar-refractivity contribution in [3.8, 4) is 17.0 Å². The maximum atomic E-state index is 6.17. The minimum atomic E-state index is 0.554. The van der Waals surface area contributed by atoms with E-state index in [2.05, 4.69) is 51.0 Å². The van der Waals surface area contributed by atoms with Crippen molar-refractivity contribution in [2.45, 2.75) is 20.1 Å². The van der Waals surface area contributed by atoms with Gasteiger partial charge in [0.1, 0.15) is 18.1 Å². The first kappa shape index (κ1) is 26.3. The second-order valence-electron chi connectivity index (χ2n) is 9.65. The SMILES string of the molecule is CCN(CCN1CCN(c2cccc(Cl)c2)CC1)Cc1cc(-c2ccc(OCc3ccccc3)cc2)no1. The highest BCUT2D eigenvalue weighted by Gasteiger charge is 2.18. The number of halogens is 1. The summed E-state index contributed by atoms with van der Waals surface area (Å²) in [6, 6.07) is 28.4. The summed E-state index contributed by atoms with van der Waals surface area (Å²) < 4.78 is 11.6. The molecular formula is C31H35ClN4O2. The topological polar surface area (TPSA) is 45.0 Å². The van der Waals surface area contributed by atoms with Gasteiger partial charge in [0.05, 0.1) is 6.54 Å². The summed E-state index contributed by atoms with van der Waals surface area (Å²) in [7, 11) is 0. The Balaban J connectivity index is 1.08. The third-order valence-corrected chi connectivity index (χ3v) is 7.30. The number of benzene rings is 3. The first-order chi connectivity index (χ1) is 18.7. The van der Waals surface area contributed by atoms with Crippen molar-refractivity contribution in [3.63, 3.8) is 0 Å². The van der Waals surface area contributed by atoms with Crippen LogP contribution in [0.15, 0.2) is 89.5 Å². The van der Waals surface area contributed by atoms with Gasteiger partial charge in [0, 0.05) is 61.6 Å². The van der Waals surface area contributed by atoms with E-state index in [1.54, 1.807) is 0 Å². The fraction of sp³-hybridized carbons (Fsp3) is 0.323. The number of hydrogen-bond donors (Lipinski definition) is 0. The van der Waals surface area contributed by atoms with Crippen LogP contribution in [0.3, 0.4) is 0 Å². The van der Waals surface area contributed by atoms with Crippen molar-refractivity contribution >= 4 is 17.3 Å². The molecule has 0 spiro atoms. The number of anilines is 1. The van der Waals surface area contributed by atoms with Crippen molar-refractivity contribution < 1.29 is 9.26 Å². The number of piperazine rings is 1. The molecule has 0 bridgehead atoms. The number of nitrogens with zero attached hydrogens (tertiary/aromatic N) is 4. The van der Waals surface area contributed by atoms with E-state index < -0.39 is 0 Å². The molecule has 6 nitrogen and oxygen atoms in total. The average molecular weight is 531 g/mol. The van der Waals surface area contributed by atoms with Gasteiger partial charge in [-0.1, -0.05) is 60.1 Å². The molecule has 0 radical (unpaired) electrons. The Bertz CT molecular complexity index is 1270. The minimum Gasteiger partial charge on any atom is -0.489 e. The van der Waals surface area contributed by atoms with Crippen LogP contribution in [0.2, 0.25) is 5.02 Å². The molecule has 0 unspecified atom stereocenters. The molecule has 0 atom stereocenters. The number of likely N-dealkylation sites (N-methyl/N-ethyl adjacent to an activating group) is 1. The molecule has 7 heteroatoms. The van der Waals surface area contributed by atoms with Crippen molar-refractivity contribution in [2.24, 2.45) is 0 Å². The highest BCUT2D eigenvalue weighted by atomic mass is 35.5. The van der Waals surface area contributed by atoms with Crippen LogP contribution in [-0.4, -0.2) is 60.8 Å². The summed E-state index contributed by atoms with van der Waals surface area (Å²) in [5, 5.41) is 5.12. The van der Waals surface area contributed by atoms with Crippen molar-refractivity contribution in [1.29, 1.82) is 0 Å². The van der Waals surface area contributed by atoms with Crippen LogP contribution in [0.25, 0.3) is 11.3 Å². The van der Waals surface area contributed by atoms with Crippen molar-refractivity contribution in [2.75, 3.05) is 50.7 Å². The molecule has 0 saturated carbocycles. The Morgan fingerprint density at radius 3 is 2.45 bits per heavy atom. The summed E-state index contributed by atoms with van der Waals surface area (Å²) >= 11 is 6.17. The molecule has 0 amide bonds. The lowest BCUT2D eigenvalue weighted by atomic mass is 10.1. The summed E-state index contributed by atoms with van der Waals surface area (Å²) in [5.41, 5.74) is 4.23. The lowest BCUT2D eigenvalue weighted by Crippen LogP contribution is -2.48. The standard InChI is InChI=1S/C31H35ClN4O2/c1-2-34(15-16-35-17-19-36(20-18-35)28-10-6-9-27(32)21-28)23-30-22-31(33-38-30)26-11-13-29(14-12-26)37-24-25-7-4-3-5-8-25/h3-14,21-22H,2,15-20,23-24H2,1H3. The monoisotopic (exact) mass is 530 g/mol. The number of ether oxygens (including phenoxy) is 1. The van der Waals surface area contributed by atoms with Crippen LogP contribution < -0.4 is 9.64 Å². The lowest BCUT2D eigenvalue weighted by molar-refractivity contribution is 0.185. The number of aromatic nitrogens is 1. The van der Waals surface area contributed by atoms with Crippen LogP contribution >= 0.6 is 11.6 Å². The summed E-state index contributed by atoms with van der Waals surface area (Å²) in [6.07, 6.45) is 0. The van der Waals surface area contributed by atoms with Crippen LogP contribution in [-0.2, 0) is 13.2 Å². The van der Waals surface area contributed by atoms with Gasteiger partial charge in [-0.15, -0.1) is 0 Å². The second kappa shape index (κ2) is 13.0. The Morgan fingerprint density at radius 2 is 1.71 bits per heavy atom. The van der Waals surface area contributed by atoms with E-state index in [0.717, 1.165) is 85.7 Å². The van der Waals surface area contributed by atoms with Gasteiger partial charge in [-0.2, -0.15) is 0 Å². The Kier molecular flexibility index (Phi) is 8.97. The molecule has 1 fully saturated rings. The maximum absolute atomic E-state index is 6.17. The Hall–Kier alpha value is -3.32. The van der Waals surface area contributed by atoms with Crippen LogP contribution in [0.5, 0.6) is 5.75 Å². The van der Waals surface area contributed by atoms with Gasteiger partial charge in [-0.25, -0.2) is 0 Å². The molecular weight excluding hydrogens is 496 g/mol. The maximum Gasteiger partial charge on any atom is 0.151 e. The fourth-order valence-electron chi connectivity index (χ4n) is 4.74. The molecule has 1 saturated heterocycles. The predicted octanol–water partition coefficient (Wildman–Crippen LogP) is 6.22. The van der Waals surface area contributed by atoms with Gasteiger partial charge in [-0.3, -0.25) is 9.80 Å². The van der Waals surface area contributed by atoms with Crippen LogP contribution in [0, 0.1) is 0 Å². The lowest BCUT2D eigenvalue weighted by Gasteiger charge is -2.37. The molecule has 0 N–H and O–H groups in total. The number of hydrogen-bond acceptors (Lipinski definition) is 6. The van der Waals surface area contributed by atoms with Gasteiger partial charge in [-0.05, 0) is 54.6 Å². The normalized spacial score (nSPS) is 14.2. The zero-order chi connectivity index (χ0) is 26.2. The molecule has 1 aromatic heterocycles. The molecule has 4 aromatic rings. The Labute approximate surface area is 230 Å². The van der Waals surface area contributed by atoms with E-state index in [1.165, 1.54) is 5.69 Å². The van der Waals surface area contributed by atoms with Crippen LogP contribution in [0.4, 0.5) is 5.69 Å². The third kappa shape index (κ3) is 7.16.